The topological polar surface area (TPSA) is 67.2 Å². The minimum atomic E-state index is -0.373. The van der Waals surface area contributed by atoms with Crippen molar-refractivity contribution in [2.24, 2.45) is 7.05 Å². The molecule has 0 saturated heterocycles. The van der Waals surface area contributed by atoms with Gasteiger partial charge >= 0.3 is 0 Å². The Kier molecular flexibility index (Phi) is 3.10. The average molecular weight is 233 g/mol. The lowest BCUT2D eigenvalue weighted by molar-refractivity contribution is -0.129. The van der Waals surface area contributed by atoms with Crippen molar-refractivity contribution in [3.05, 3.63) is 29.6 Å². The smallest absolute Gasteiger partial charge is 0.243 e. The largest absolute Gasteiger partial charge is 0.331 e. The molecule has 5 heteroatoms. The van der Waals surface area contributed by atoms with Crippen LogP contribution in [0.1, 0.15) is 17.8 Å². The van der Waals surface area contributed by atoms with Crippen LogP contribution in [0.4, 0.5) is 0 Å². The van der Waals surface area contributed by atoms with E-state index in [1.165, 1.54) is 0 Å². The first-order valence-corrected chi connectivity index (χ1v) is 5.46. The Morgan fingerprint density at radius 2 is 2.29 bits per heavy atom. The van der Waals surface area contributed by atoms with Crippen molar-refractivity contribution in [1.29, 1.82) is 0 Å². The molecule has 2 rings (SSSR count). The summed E-state index contributed by atoms with van der Waals surface area (Å²) in [7, 11) is 1.98. The first-order valence-electron chi connectivity index (χ1n) is 5.46. The van der Waals surface area contributed by atoms with Gasteiger partial charge in [-0.15, -0.1) is 0 Å². The number of imidazole rings is 1. The summed E-state index contributed by atoms with van der Waals surface area (Å²) in [5, 5.41) is 8.41. The molecular weight excluding hydrogens is 218 g/mol. The third-order valence-electron chi connectivity index (χ3n) is 2.93. The molecule has 0 spiro atoms. The maximum Gasteiger partial charge on any atom is 0.243 e. The van der Waals surface area contributed by atoms with Gasteiger partial charge < -0.3 is 4.57 Å². The summed E-state index contributed by atoms with van der Waals surface area (Å²) in [6.07, 6.45) is 0.867. The van der Waals surface area contributed by atoms with Crippen LogP contribution in [0.5, 0.6) is 0 Å². The van der Waals surface area contributed by atoms with Gasteiger partial charge in [0.15, 0.2) is 0 Å². The zero-order valence-corrected chi connectivity index (χ0v) is 9.90. The van der Waals surface area contributed by atoms with Gasteiger partial charge in [-0.05, 0) is 31.0 Å². The van der Waals surface area contributed by atoms with Crippen LogP contribution < -0.4 is 5.48 Å². The molecule has 1 aromatic heterocycles. The van der Waals surface area contributed by atoms with Gasteiger partial charge in [-0.2, -0.15) is 0 Å². The predicted molar refractivity (Wildman–Crippen MR) is 63.7 cm³/mol. The summed E-state index contributed by atoms with van der Waals surface area (Å²) in [4.78, 5) is 15.4. The second kappa shape index (κ2) is 4.55. The highest BCUT2D eigenvalue weighted by atomic mass is 16.5. The predicted octanol–water partition coefficient (Wildman–Crippen LogP) is 1.32. The summed E-state index contributed by atoms with van der Waals surface area (Å²) in [5.41, 5.74) is 4.69. The number of benzene rings is 1. The minimum Gasteiger partial charge on any atom is -0.331 e. The molecular formula is C12H15N3O2. The highest BCUT2D eigenvalue weighted by Gasteiger charge is 2.06. The van der Waals surface area contributed by atoms with Crippen LogP contribution in [0.2, 0.25) is 0 Å². The van der Waals surface area contributed by atoms with Crippen molar-refractivity contribution >= 4 is 16.9 Å². The SMILES string of the molecule is Cc1nc2cc(CCC(=O)NO)ccc2n1C. The zero-order chi connectivity index (χ0) is 12.4. The van der Waals surface area contributed by atoms with Gasteiger partial charge in [-0.3, -0.25) is 10.0 Å². The first kappa shape index (κ1) is 11.6. The first-order chi connectivity index (χ1) is 8.11. The number of fused-ring (bicyclic) bond motifs is 1. The molecule has 0 radical (unpaired) electrons. The molecule has 2 aromatic rings. The summed E-state index contributed by atoms with van der Waals surface area (Å²) in [6.45, 7) is 1.96. The summed E-state index contributed by atoms with van der Waals surface area (Å²) < 4.78 is 2.03. The molecule has 17 heavy (non-hydrogen) atoms. The van der Waals surface area contributed by atoms with Crippen LogP contribution >= 0.6 is 0 Å². The second-order valence-electron chi connectivity index (χ2n) is 4.08. The van der Waals surface area contributed by atoms with Crippen LogP contribution in [0.3, 0.4) is 0 Å². The third-order valence-corrected chi connectivity index (χ3v) is 2.93. The van der Waals surface area contributed by atoms with Crippen LogP contribution in [-0.4, -0.2) is 20.7 Å². The van der Waals surface area contributed by atoms with E-state index < -0.39 is 0 Å². The molecule has 0 unspecified atom stereocenters. The van der Waals surface area contributed by atoms with E-state index >= 15 is 0 Å². The van der Waals surface area contributed by atoms with Crippen molar-refractivity contribution in [2.45, 2.75) is 19.8 Å². The monoisotopic (exact) mass is 233 g/mol. The summed E-state index contributed by atoms with van der Waals surface area (Å²) in [6, 6.07) is 5.96. The lowest BCUT2D eigenvalue weighted by atomic mass is 10.1. The average Bonchev–Trinajstić information content (AvgIpc) is 2.62. The van der Waals surface area contributed by atoms with Crippen LogP contribution in [0, 0.1) is 6.92 Å². The van der Waals surface area contributed by atoms with E-state index in [2.05, 4.69) is 4.98 Å². The molecule has 1 amide bonds. The number of aryl methyl sites for hydroxylation is 3. The third kappa shape index (κ3) is 2.29. The van der Waals surface area contributed by atoms with Crippen molar-refractivity contribution < 1.29 is 10.0 Å². The summed E-state index contributed by atoms with van der Waals surface area (Å²) in [5.74, 6) is 0.590. The summed E-state index contributed by atoms with van der Waals surface area (Å²) >= 11 is 0. The van der Waals surface area contributed by atoms with Crippen molar-refractivity contribution in [3.63, 3.8) is 0 Å². The molecule has 0 fully saturated rings. The Morgan fingerprint density at radius 3 is 3.00 bits per heavy atom. The molecule has 0 aliphatic rings. The number of carbonyl (C=O) groups excluding carboxylic acids is 1. The Labute approximate surface area is 99.0 Å². The van der Waals surface area contributed by atoms with Gasteiger partial charge in [0, 0.05) is 13.5 Å². The highest BCUT2D eigenvalue weighted by molar-refractivity contribution is 5.78. The van der Waals surface area contributed by atoms with Crippen LogP contribution in [-0.2, 0) is 18.3 Å². The normalized spacial score (nSPS) is 10.8. The van der Waals surface area contributed by atoms with Crippen LogP contribution in [0.25, 0.3) is 11.0 Å². The van der Waals surface area contributed by atoms with Crippen molar-refractivity contribution in [3.8, 4) is 0 Å². The van der Waals surface area contributed by atoms with Crippen molar-refractivity contribution in [2.75, 3.05) is 0 Å². The van der Waals surface area contributed by atoms with Gasteiger partial charge in [0.2, 0.25) is 5.91 Å². The van der Waals surface area contributed by atoms with E-state index in [1.807, 2.05) is 36.7 Å². The number of carbonyl (C=O) groups is 1. The van der Waals surface area contributed by atoms with E-state index in [4.69, 9.17) is 5.21 Å². The van der Waals surface area contributed by atoms with Gasteiger partial charge in [-0.25, -0.2) is 10.5 Å². The quantitative estimate of drug-likeness (QED) is 0.620. The number of hydrogen-bond acceptors (Lipinski definition) is 3. The maximum absolute atomic E-state index is 10.9. The molecule has 1 heterocycles. The lowest BCUT2D eigenvalue weighted by Gasteiger charge is -2.01. The number of nitrogens with zero attached hydrogens (tertiary/aromatic N) is 2. The molecule has 0 atom stereocenters. The number of hydroxylamine groups is 1. The fourth-order valence-corrected chi connectivity index (χ4v) is 1.84. The minimum absolute atomic E-state index is 0.272. The number of nitrogens with one attached hydrogen (secondary N) is 1. The number of amides is 1. The molecule has 0 bridgehead atoms. The van der Waals surface area contributed by atoms with Crippen molar-refractivity contribution in [1.82, 2.24) is 15.0 Å². The van der Waals surface area contributed by atoms with Gasteiger partial charge in [0.1, 0.15) is 5.82 Å². The number of hydrogen-bond donors (Lipinski definition) is 2. The molecule has 0 saturated carbocycles. The Balaban J connectivity index is 2.23. The van der Waals surface area contributed by atoms with Gasteiger partial charge in [-0.1, -0.05) is 6.07 Å². The molecule has 2 N–H and O–H groups in total. The molecule has 90 valence electrons. The standard InChI is InChI=1S/C12H15N3O2/c1-8-13-10-7-9(4-6-12(16)14-17)3-5-11(10)15(8)2/h3,5,7,17H,4,6H2,1-2H3,(H,14,16). The number of rotatable bonds is 3. The Morgan fingerprint density at radius 1 is 1.53 bits per heavy atom. The van der Waals surface area contributed by atoms with E-state index in [0.717, 1.165) is 22.4 Å². The molecule has 1 aromatic carbocycles. The zero-order valence-electron chi connectivity index (χ0n) is 9.90. The fraction of sp³-hybridized carbons (Fsp3) is 0.333. The molecule has 5 nitrogen and oxygen atoms in total. The Hall–Kier alpha value is -1.88. The number of aromatic nitrogens is 2. The Bertz CT molecular complexity index is 560. The van der Waals surface area contributed by atoms with Crippen LogP contribution in [0.15, 0.2) is 18.2 Å². The molecule has 0 aliphatic heterocycles. The van der Waals surface area contributed by atoms with E-state index in [9.17, 15) is 4.79 Å². The molecule has 0 aliphatic carbocycles. The lowest BCUT2D eigenvalue weighted by Crippen LogP contribution is -2.18. The van der Waals surface area contributed by atoms with Gasteiger partial charge in [0.05, 0.1) is 11.0 Å². The fourth-order valence-electron chi connectivity index (χ4n) is 1.84. The second-order valence-corrected chi connectivity index (χ2v) is 4.08. The van der Waals surface area contributed by atoms with E-state index in [-0.39, 0.29) is 12.3 Å². The highest BCUT2D eigenvalue weighted by Crippen LogP contribution is 2.17. The van der Waals surface area contributed by atoms with E-state index in [0.29, 0.717) is 6.42 Å². The van der Waals surface area contributed by atoms with Gasteiger partial charge in [0.25, 0.3) is 0 Å². The maximum atomic E-state index is 10.9. The van der Waals surface area contributed by atoms with E-state index in [1.54, 1.807) is 5.48 Å².